The lowest BCUT2D eigenvalue weighted by Crippen LogP contribution is -2.53. The normalized spacial score (nSPS) is 13.5. The lowest BCUT2D eigenvalue weighted by atomic mass is 9.98. The average molecular weight is 588 g/mol. The van der Waals surface area contributed by atoms with Gasteiger partial charge in [-0.3, -0.25) is 4.79 Å². The number of amides is 3. The summed E-state index contributed by atoms with van der Waals surface area (Å²) < 4.78 is 16.2. The maximum Gasteiger partial charge on any atom is 0.408 e. The quantitative estimate of drug-likeness (QED) is 0.232. The first-order valence-electron chi connectivity index (χ1n) is 14.1. The molecule has 0 spiro atoms. The van der Waals surface area contributed by atoms with E-state index in [9.17, 15) is 19.2 Å². The molecule has 0 aromatic heterocycles. The van der Waals surface area contributed by atoms with Crippen molar-refractivity contribution in [1.29, 1.82) is 0 Å². The first-order chi connectivity index (χ1) is 20.5. The third-order valence-electron chi connectivity index (χ3n) is 6.75. The molecule has 0 saturated carbocycles. The van der Waals surface area contributed by atoms with E-state index >= 15 is 0 Å². The van der Waals surface area contributed by atoms with Crippen LogP contribution in [0.4, 0.5) is 9.59 Å². The highest BCUT2D eigenvalue weighted by Gasteiger charge is 2.30. The van der Waals surface area contributed by atoms with E-state index in [1.165, 1.54) is 6.92 Å². The van der Waals surface area contributed by atoms with Gasteiger partial charge in [-0.25, -0.2) is 14.4 Å². The van der Waals surface area contributed by atoms with Crippen LogP contribution in [0.5, 0.6) is 0 Å². The van der Waals surface area contributed by atoms with Crippen molar-refractivity contribution >= 4 is 24.1 Å². The predicted octanol–water partition coefficient (Wildman–Crippen LogP) is 4.67. The topological polar surface area (TPSA) is 132 Å². The minimum Gasteiger partial charge on any atom is -0.459 e. The molecule has 0 bridgehead atoms. The third kappa shape index (κ3) is 8.57. The van der Waals surface area contributed by atoms with Crippen LogP contribution >= 0.6 is 0 Å². The second-order valence-electron chi connectivity index (χ2n) is 11.2. The van der Waals surface area contributed by atoms with Crippen molar-refractivity contribution in [2.45, 2.75) is 57.9 Å². The van der Waals surface area contributed by atoms with E-state index in [1.807, 2.05) is 66.7 Å². The Kier molecular flexibility index (Phi) is 10.0. The fourth-order valence-electron chi connectivity index (χ4n) is 4.71. The van der Waals surface area contributed by atoms with Crippen molar-refractivity contribution in [3.8, 4) is 11.1 Å². The molecule has 0 saturated heterocycles. The SMILES string of the molecule is C[C@@H](NC(=O)OC(C)(C)C)C(=O)NC[C@H](NC(=O)OCC1c2ccccc2-c2ccccc21)C(=O)OCc1ccccc1. The number of esters is 1. The summed E-state index contributed by atoms with van der Waals surface area (Å²) in [6, 6.07) is 22.8. The maximum absolute atomic E-state index is 13.0. The number of fused-ring (bicyclic) bond motifs is 3. The molecule has 0 aliphatic heterocycles. The molecular weight excluding hydrogens is 550 g/mol. The molecule has 4 rings (SSSR count). The van der Waals surface area contributed by atoms with Crippen molar-refractivity contribution in [2.75, 3.05) is 13.2 Å². The molecular formula is C33H37N3O7. The summed E-state index contributed by atoms with van der Waals surface area (Å²) in [7, 11) is 0. The summed E-state index contributed by atoms with van der Waals surface area (Å²) in [5.74, 6) is -1.51. The summed E-state index contributed by atoms with van der Waals surface area (Å²) in [5, 5.41) is 7.55. The molecule has 43 heavy (non-hydrogen) atoms. The van der Waals surface area contributed by atoms with Gasteiger partial charge in [0.1, 0.15) is 30.9 Å². The van der Waals surface area contributed by atoms with Gasteiger partial charge in [-0.1, -0.05) is 78.9 Å². The summed E-state index contributed by atoms with van der Waals surface area (Å²) in [6.07, 6.45) is -1.59. The molecule has 3 amide bonds. The Morgan fingerprint density at radius 1 is 0.767 bits per heavy atom. The third-order valence-corrected chi connectivity index (χ3v) is 6.75. The first-order valence-corrected chi connectivity index (χ1v) is 14.1. The minimum atomic E-state index is -1.25. The lowest BCUT2D eigenvalue weighted by molar-refractivity contribution is -0.147. The van der Waals surface area contributed by atoms with Gasteiger partial charge in [0.25, 0.3) is 0 Å². The van der Waals surface area contributed by atoms with Gasteiger partial charge >= 0.3 is 18.2 Å². The average Bonchev–Trinajstić information content (AvgIpc) is 3.29. The molecule has 0 fully saturated rings. The number of benzene rings is 3. The first kappa shape index (κ1) is 31.1. The number of alkyl carbamates (subject to hydrolysis) is 2. The Balaban J connectivity index is 1.38. The largest absolute Gasteiger partial charge is 0.459 e. The number of carbonyl (C=O) groups excluding carboxylic acids is 4. The number of hydrogen-bond acceptors (Lipinski definition) is 7. The van der Waals surface area contributed by atoms with Crippen LogP contribution in [0.1, 0.15) is 50.3 Å². The molecule has 0 unspecified atom stereocenters. The van der Waals surface area contributed by atoms with E-state index < -0.39 is 41.7 Å². The molecule has 3 N–H and O–H groups in total. The number of hydrogen-bond donors (Lipinski definition) is 3. The van der Waals surface area contributed by atoms with Crippen LogP contribution in [0.15, 0.2) is 78.9 Å². The van der Waals surface area contributed by atoms with Gasteiger partial charge in [-0.05, 0) is 55.5 Å². The molecule has 10 nitrogen and oxygen atoms in total. The summed E-state index contributed by atoms with van der Waals surface area (Å²) in [4.78, 5) is 50.7. The highest BCUT2D eigenvalue weighted by Crippen LogP contribution is 2.44. The smallest absolute Gasteiger partial charge is 0.408 e. The maximum atomic E-state index is 13.0. The Morgan fingerprint density at radius 3 is 1.95 bits per heavy atom. The van der Waals surface area contributed by atoms with Gasteiger partial charge in [-0.2, -0.15) is 0 Å². The van der Waals surface area contributed by atoms with E-state index in [-0.39, 0.29) is 25.7 Å². The summed E-state index contributed by atoms with van der Waals surface area (Å²) in [6.45, 7) is 6.33. The summed E-state index contributed by atoms with van der Waals surface area (Å²) >= 11 is 0. The van der Waals surface area contributed by atoms with E-state index in [4.69, 9.17) is 14.2 Å². The van der Waals surface area contributed by atoms with Crippen LogP contribution < -0.4 is 16.0 Å². The van der Waals surface area contributed by atoms with Crippen molar-refractivity contribution in [1.82, 2.24) is 16.0 Å². The number of ether oxygens (including phenoxy) is 3. The second-order valence-corrected chi connectivity index (χ2v) is 11.2. The van der Waals surface area contributed by atoms with Gasteiger partial charge in [0.15, 0.2) is 0 Å². The molecule has 2 atom stereocenters. The molecule has 1 aliphatic rings. The van der Waals surface area contributed by atoms with Crippen LogP contribution in [-0.4, -0.2) is 54.9 Å². The predicted molar refractivity (Wildman–Crippen MR) is 160 cm³/mol. The van der Waals surface area contributed by atoms with E-state index in [0.29, 0.717) is 0 Å². The van der Waals surface area contributed by atoms with E-state index in [0.717, 1.165) is 27.8 Å². The Bertz CT molecular complexity index is 1410. The van der Waals surface area contributed by atoms with Crippen LogP contribution in [0.3, 0.4) is 0 Å². The number of rotatable bonds is 10. The minimum absolute atomic E-state index is 0.0207. The lowest BCUT2D eigenvalue weighted by Gasteiger charge is -2.23. The van der Waals surface area contributed by atoms with Crippen molar-refractivity contribution < 1.29 is 33.4 Å². The highest BCUT2D eigenvalue weighted by molar-refractivity contribution is 5.87. The van der Waals surface area contributed by atoms with Crippen molar-refractivity contribution in [2.24, 2.45) is 0 Å². The second kappa shape index (κ2) is 13.9. The van der Waals surface area contributed by atoms with Crippen molar-refractivity contribution in [3.63, 3.8) is 0 Å². The van der Waals surface area contributed by atoms with Gasteiger partial charge < -0.3 is 30.2 Å². The molecule has 3 aromatic rings. The van der Waals surface area contributed by atoms with E-state index in [2.05, 4.69) is 16.0 Å². The zero-order valence-electron chi connectivity index (χ0n) is 24.7. The fraction of sp³-hybridized carbons (Fsp3) is 0.333. The monoisotopic (exact) mass is 587 g/mol. The molecule has 0 radical (unpaired) electrons. The van der Waals surface area contributed by atoms with E-state index in [1.54, 1.807) is 32.9 Å². The van der Waals surface area contributed by atoms with Gasteiger partial charge in [0, 0.05) is 12.5 Å². The summed E-state index contributed by atoms with van der Waals surface area (Å²) in [5.41, 5.74) is 4.30. The fourth-order valence-corrected chi connectivity index (χ4v) is 4.71. The van der Waals surface area contributed by atoms with Gasteiger partial charge in [0.2, 0.25) is 5.91 Å². The molecule has 0 heterocycles. The van der Waals surface area contributed by atoms with Crippen LogP contribution in [0.25, 0.3) is 11.1 Å². The number of carbonyl (C=O) groups is 4. The van der Waals surface area contributed by atoms with Gasteiger partial charge in [0.05, 0.1) is 0 Å². The van der Waals surface area contributed by atoms with Crippen LogP contribution in [0.2, 0.25) is 0 Å². The Morgan fingerprint density at radius 2 is 1.35 bits per heavy atom. The molecule has 3 aromatic carbocycles. The molecule has 10 heteroatoms. The number of nitrogens with one attached hydrogen (secondary N) is 3. The Hall–Kier alpha value is -4.86. The Labute approximate surface area is 251 Å². The van der Waals surface area contributed by atoms with Crippen molar-refractivity contribution in [3.05, 3.63) is 95.6 Å². The zero-order valence-corrected chi connectivity index (χ0v) is 24.7. The van der Waals surface area contributed by atoms with Crippen LogP contribution in [-0.2, 0) is 30.4 Å². The standard InChI is InChI=1S/C33H37N3O7/c1-21(35-32(40)43-33(2,3)4)29(37)34-18-28(30(38)41-19-22-12-6-5-7-13-22)36-31(39)42-20-27-25-16-10-8-14-23(25)24-15-9-11-17-26(24)27/h5-17,21,27-28H,18-20H2,1-4H3,(H,34,37)(H,35,40)(H,36,39)/t21-,28+/m1/s1. The highest BCUT2D eigenvalue weighted by atomic mass is 16.6. The molecule has 1 aliphatic carbocycles. The molecule has 226 valence electrons. The van der Waals surface area contributed by atoms with Gasteiger partial charge in [-0.15, -0.1) is 0 Å². The van der Waals surface area contributed by atoms with Crippen LogP contribution in [0, 0.1) is 0 Å². The zero-order chi connectivity index (χ0) is 31.0.